The third-order valence-electron chi connectivity index (χ3n) is 2.44. The Morgan fingerprint density at radius 3 is 2.79 bits per heavy atom. The van der Waals surface area contributed by atoms with Crippen molar-refractivity contribution in [3.8, 4) is 5.75 Å². The number of amides is 2. The number of benzene rings is 1. The highest BCUT2D eigenvalue weighted by atomic mass is 32.2. The molecule has 1 rings (SSSR count). The van der Waals surface area contributed by atoms with Gasteiger partial charge in [0, 0.05) is 12.3 Å². The van der Waals surface area contributed by atoms with Gasteiger partial charge in [0.15, 0.2) is 0 Å². The molecular weight excluding hydrogens is 264 g/mol. The van der Waals surface area contributed by atoms with E-state index in [2.05, 4.69) is 10.6 Å². The quantitative estimate of drug-likeness (QED) is 0.746. The minimum atomic E-state index is -0.919. The standard InChI is InChI=1S/C13H20N2O3S/c1-13(17,9-19-3)8-14-12(16)15-10-6-4-5-7-11(10)18-2/h4-7,17H,8-9H2,1-3H3,(H2,14,15,16)/t13-/m1/s1. The number of carbonyl (C=O) groups is 1. The van der Waals surface area contributed by atoms with Gasteiger partial charge in [-0.25, -0.2) is 4.79 Å². The van der Waals surface area contributed by atoms with Crippen LogP contribution in [0, 0.1) is 0 Å². The van der Waals surface area contributed by atoms with Crippen molar-refractivity contribution in [3.63, 3.8) is 0 Å². The van der Waals surface area contributed by atoms with Crippen LogP contribution in [0.2, 0.25) is 0 Å². The zero-order chi connectivity index (χ0) is 14.3. The summed E-state index contributed by atoms with van der Waals surface area (Å²) in [6.07, 6.45) is 1.91. The number of hydrogen-bond acceptors (Lipinski definition) is 4. The van der Waals surface area contributed by atoms with Gasteiger partial charge in [-0.1, -0.05) is 12.1 Å². The summed E-state index contributed by atoms with van der Waals surface area (Å²) >= 11 is 1.53. The van der Waals surface area contributed by atoms with E-state index in [1.54, 1.807) is 26.2 Å². The summed E-state index contributed by atoms with van der Waals surface area (Å²) in [5.74, 6) is 1.15. The first-order chi connectivity index (χ1) is 8.98. The van der Waals surface area contributed by atoms with Crippen LogP contribution in [0.1, 0.15) is 6.92 Å². The van der Waals surface area contributed by atoms with E-state index < -0.39 is 5.60 Å². The van der Waals surface area contributed by atoms with E-state index in [-0.39, 0.29) is 12.6 Å². The maximum atomic E-state index is 11.7. The Morgan fingerprint density at radius 1 is 1.47 bits per heavy atom. The summed E-state index contributed by atoms with van der Waals surface area (Å²) in [7, 11) is 1.54. The number of nitrogens with one attached hydrogen (secondary N) is 2. The Labute approximate surface area is 117 Å². The smallest absolute Gasteiger partial charge is 0.319 e. The summed E-state index contributed by atoms with van der Waals surface area (Å²) < 4.78 is 5.13. The van der Waals surface area contributed by atoms with E-state index in [1.807, 2.05) is 18.4 Å². The van der Waals surface area contributed by atoms with Crippen molar-refractivity contribution in [1.29, 1.82) is 0 Å². The van der Waals surface area contributed by atoms with Crippen LogP contribution in [0.15, 0.2) is 24.3 Å². The molecule has 0 aliphatic carbocycles. The van der Waals surface area contributed by atoms with E-state index in [1.165, 1.54) is 11.8 Å². The summed E-state index contributed by atoms with van der Waals surface area (Å²) in [5, 5.41) is 15.3. The van der Waals surface area contributed by atoms with Gasteiger partial charge in [-0.15, -0.1) is 0 Å². The van der Waals surface area contributed by atoms with E-state index in [9.17, 15) is 9.90 Å². The third-order valence-corrected chi connectivity index (χ3v) is 3.35. The van der Waals surface area contributed by atoms with Gasteiger partial charge in [-0.3, -0.25) is 0 Å². The maximum absolute atomic E-state index is 11.7. The fourth-order valence-electron chi connectivity index (χ4n) is 1.55. The SMILES string of the molecule is COc1ccccc1NC(=O)NC[C@@](C)(O)CSC. The monoisotopic (exact) mass is 284 g/mol. The molecule has 3 N–H and O–H groups in total. The Hall–Kier alpha value is -1.40. The first-order valence-electron chi connectivity index (χ1n) is 5.88. The van der Waals surface area contributed by atoms with Crippen LogP contribution in [0.5, 0.6) is 5.75 Å². The molecule has 0 aromatic heterocycles. The summed E-state index contributed by atoms with van der Waals surface area (Å²) in [6, 6.07) is 6.77. The molecule has 1 aromatic carbocycles. The van der Waals surface area contributed by atoms with Crippen molar-refractivity contribution >= 4 is 23.5 Å². The largest absolute Gasteiger partial charge is 0.495 e. The molecule has 0 fully saturated rings. The van der Waals surface area contributed by atoms with E-state index in [0.717, 1.165) is 0 Å². The van der Waals surface area contributed by atoms with Crippen molar-refractivity contribution in [2.24, 2.45) is 0 Å². The predicted octanol–water partition coefficient (Wildman–Crippen LogP) is 1.93. The topological polar surface area (TPSA) is 70.6 Å². The summed E-state index contributed by atoms with van der Waals surface area (Å²) in [6.45, 7) is 1.88. The van der Waals surface area contributed by atoms with Crippen LogP contribution in [0.3, 0.4) is 0 Å². The Kier molecular flexibility index (Phi) is 5.98. The molecule has 0 aliphatic heterocycles. The number of urea groups is 1. The lowest BCUT2D eigenvalue weighted by Gasteiger charge is -2.22. The molecule has 0 aliphatic rings. The highest BCUT2D eigenvalue weighted by molar-refractivity contribution is 7.98. The lowest BCUT2D eigenvalue weighted by molar-refractivity contribution is 0.0876. The number of methoxy groups -OCH3 is 1. The molecule has 0 heterocycles. The first-order valence-corrected chi connectivity index (χ1v) is 7.27. The zero-order valence-electron chi connectivity index (χ0n) is 11.4. The van der Waals surface area contributed by atoms with E-state index in [4.69, 9.17) is 4.74 Å². The van der Waals surface area contributed by atoms with Gasteiger partial charge in [-0.2, -0.15) is 11.8 Å². The van der Waals surface area contributed by atoms with Crippen molar-refractivity contribution in [3.05, 3.63) is 24.3 Å². The van der Waals surface area contributed by atoms with Gasteiger partial charge in [0.25, 0.3) is 0 Å². The number of hydrogen-bond donors (Lipinski definition) is 3. The van der Waals surface area contributed by atoms with Crippen molar-refractivity contribution < 1.29 is 14.6 Å². The van der Waals surface area contributed by atoms with E-state index in [0.29, 0.717) is 17.2 Å². The lowest BCUT2D eigenvalue weighted by Crippen LogP contribution is -2.43. The molecular formula is C13H20N2O3S. The molecule has 2 amide bonds. The average Bonchev–Trinajstić information content (AvgIpc) is 2.37. The number of aliphatic hydroxyl groups is 1. The molecule has 1 atom stereocenters. The van der Waals surface area contributed by atoms with Gasteiger partial charge < -0.3 is 20.5 Å². The number of para-hydroxylation sites is 2. The van der Waals surface area contributed by atoms with Gasteiger partial charge >= 0.3 is 6.03 Å². The average molecular weight is 284 g/mol. The molecule has 19 heavy (non-hydrogen) atoms. The van der Waals surface area contributed by atoms with Crippen LogP contribution < -0.4 is 15.4 Å². The second-order valence-electron chi connectivity index (χ2n) is 4.44. The van der Waals surface area contributed by atoms with Gasteiger partial charge in [0.1, 0.15) is 5.75 Å². The summed E-state index contributed by atoms with van der Waals surface area (Å²) in [4.78, 5) is 11.7. The van der Waals surface area contributed by atoms with Crippen LogP contribution in [-0.2, 0) is 0 Å². The predicted molar refractivity (Wildman–Crippen MR) is 79.0 cm³/mol. The Bertz CT molecular complexity index is 424. The normalized spacial score (nSPS) is 13.5. The molecule has 6 heteroatoms. The van der Waals surface area contributed by atoms with Crippen LogP contribution >= 0.6 is 11.8 Å². The van der Waals surface area contributed by atoms with Crippen molar-refractivity contribution in [1.82, 2.24) is 5.32 Å². The minimum Gasteiger partial charge on any atom is -0.495 e. The fourth-order valence-corrected chi connectivity index (χ4v) is 2.27. The highest BCUT2D eigenvalue weighted by Gasteiger charge is 2.20. The second kappa shape index (κ2) is 7.25. The Balaban J connectivity index is 2.52. The maximum Gasteiger partial charge on any atom is 0.319 e. The molecule has 5 nitrogen and oxygen atoms in total. The summed E-state index contributed by atoms with van der Waals surface area (Å²) in [5.41, 5.74) is -0.329. The van der Waals surface area contributed by atoms with Crippen molar-refractivity contribution in [2.45, 2.75) is 12.5 Å². The minimum absolute atomic E-state index is 0.189. The van der Waals surface area contributed by atoms with Gasteiger partial charge in [0.05, 0.1) is 18.4 Å². The van der Waals surface area contributed by atoms with Crippen LogP contribution in [-0.4, -0.2) is 42.4 Å². The number of thioether (sulfide) groups is 1. The molecule has 1 aromatic rings. The first kappa shape index (κ1) is 15.7. The van der Waals surface area contributed by atoms with Crippen LogP contribution in [0.25, 0.3) is 0 Å². The number of carbonyl (C=O) groups excluding carboxylic acids is 1. The molecule has 0 saturated heterocycles. The van der Waals surface area contributed by atoms with Crippen LogP contribution in [0.4, 0.5) is 10.5 Å². The molecule has 0 unspecified atom stereocenters. The molecule has 0 bridgehead atoms. The van der Waals surface area contributed by atoms with Gasteiger partial charge in [-0.05, 0) is 25.3 Å². The number of anilines is 1. The molecule has 0 spiro atoms. The highest BCUT2D eigenvalue weighted by Crippen LogP contribution is 2.22. The fraction of sp³-hybridized carbons (Fsp3) is 0.462. The lowest BCUT2D eigenvalue weighted by atomic mass is 10.1. The zero-order valence-corrected chi connectivity index (χ0v) is 12.2. The second-order valence-corrected chi connectivity index (χ2v) is 5.30. The third kappa shape index (κ3) is 5.40. The van der Waals surface area contributed by atoms with Gasteiger partial charge in [0.2, 0.25) is 0 Å². The van der Waals surface area contributed by atoms with E-state index >= 15 is 0 Å². The Morgan fingerprint density at radius 2 is 2.16 bits per heavy atom. The molecule has 106 valence electrons. The molecule has 0 saturated carbocycles. The van der Waals surface area contributed by atoms with Crippen molar-refractivity contribution in [2.75, 3.05) is 31.0 Å². The number of rotatable bonds is 6. The molecule has 0 radical (unpaired) electrons. The number of ether oxygens (including phenoxy) is 1.